The summed E-state index contributed by atoms with van der Waals surface area (Å²) in [6.45, 7) is 6.27. The van der Waals surface area contributed by atoms with Gasteiger partial charge in [0.2, 0.25) is 17.7 Å². The van der Waals surface area contributed by atoms with Crippen molar-refractivity contribution >= 4 is 11.9 Å². The molecule has 3 rings (SSSR count). The fraction of sp³-hybridized carbons (Fsp3) is 0.688. The molecular weight excluding hydrogens is 296 g/mol. The number of hydrogen-bond acceptors (Lipinski definition) is 6. The normalized spacial score (nSPS) is 19.7. The summed E-state index contributed by atoms with van der Waals surface area (Å²) in [5, 5.41) is 0. The molecule has 2 aliphatic heterocycles. The molecule has 0 aliphatic carbocycles. The van der Waals surface area contributed by atoms with Crippen LogP contribution in [0.1, 0.15) is 18.5 Å². The minimum absolute atomic E-state index is 0.130. The topological polar surface area (TPSA) is 67.8 Å². The molecule has 0 radical (unpaired) electrons. The van der Waals surface area contributed by atoms with Crippen LogP contribution in [0.2, 0.25) is 0 Å². The molecule has 0 atom stereocenters. The summed E-state index contributed by atoms with van der Waals surface area (Å²) in [7, 11) is 1.61. The number of carbonyl (C=O) groups excluding carboxylic acids is 1. The first-order chi connectivity index (χ1) is 11.2. The van der Waals surface area contributed by atoms with Gasteiger partial charge in [0.25, 0.3) is 0 Å². The Balaban J connectivity index is 1.59. The van der Waals surface area contributed by atoms with Crippen molar-refractivity contribution in [1.82, 2.24) is 14.9 Å². The zero-order valence-corrected chi connectivity index (χ0v) is 13.8. The molecule has 23 heavy (non-hydrogen) atoms. The molecule has 0 bridgehead atoms. The third-order valence-corrected chi connectivity index (χ3v) is 4.47. The Labute approximate surface area is 136 Å². The van der Waals surface area contributed by atoms with Gasteiger partial charge >= 0.3 is 0 Å². The Kier molecular flexibility index (Phi) is 4.95. The summed E-state index contributed by atoms with van der Waals surface area (Å²) in [6.07, 6.45) is 1.69. The first-order valence-electron chi connectivity index (χ1n) is 8.18. The number of methoxy groups -OCH3 is 1. The Morgan fingerprint density at radius 3 is 2.57 bits per heavy atom. The maximum atomic E-state index is 12.6. The van der Waals surface area contributed by atoms with E-state index in [1.165, 1.54) is 0 Å². The Bertz CT molecular complexity index is 552. The highest BCUT2D eigenvalue weighted by Gasteiger charge is 2.29. The van der Waals surface area contributed by atoms with E-state index in [0.29, 0.717) is 25.0 Å². The zero-order chi connectivity index (χ0) is 16.2. The zero-order valence-electron chi connectivity index (χ0n) is 13.8. The van der Waals surface area contributed by atoms with Gasteiger partial charge < -0.3 is 19.3 Å². The van der Waals surface area contributed by atoms with E-state index >= 15 is 0 Å². The number of nitrogens with zero attached hydrogens (tertiary/aromatic N) is 4. The summed E-state index contributed by atoms with van der Waals surface area (Å²) in [5.41, 5.74) is 0.882. The van der Waals surface area contributed by atoms with Crippen LogP contribution in [0.3, 0.4) is 0 Å². The molecule has 126 valence electrons. The standard InChI is InChI=1S/C16H24N4O3/c1-12-11-14(22-2)18-16(17-12)20-7-5-19(6-8-20)15(21)13-3-9-23-10-4-13/h11,13H,3-10H2,1-2H3. The quantitative estimate of drug-likeness (QED) is 0.823. The Hall–Kier alpha value is -1.89. The molecule has 0 N–H and O–H groups in total. The van der Waals surface area contributed by atoms with Crippen LogP contribution in [0.5, 0.6) is 5.88 Å². The summed E-state index contributed by atoms with van der Waals surface area (Å²) in [4.78, 5) is 25.5. The smallest absolute Gasteiger partial charge is 0.228 e. The number of ether oxygens (including phenoxy) is 2. The van der Waals surface area contributed by atoms with Crippen LogP contribution in [-0.2, 0) is 9.53 Å². The number of carbonyl (C=O) groups is 1. The van der Waals surface area contributed by atoms with Crippen molar-refractivity contribution in [3.05, 3.63) is 11.8 Å². The van der Waals surface area contributed by atoms with Gasteiger partial charge in [-0.3, -0.25) is 4.79 Å². The van der Waals surface area contributed by atoms with Crippen LogP contribution < -0.4 is 9.64 Å². The van der Waals surface area contributed by atoms with E-state index in [-0.39, 0.29) is 11.8 Å². The third kappa shape index (κ3) is 3.72. The second-order valence-corrected chi connectivity index (χ2v) is 6.05. The molecule has 3 heterocycles. The van der Waals surface area contributed by atoms with E-state index in [2.05, 4.69) is 14.9 Å². The maximum absolute atomic E-state index is 12.6. The average molecular weight is 320 g/mol. The largest absolute Gasteiger partial charge is 0.481 e. The van der Waals surface area contributed by atoms with Crippen molar-refractivity contribution in [3.8, 4) is 5.88 Å². The molecular formula is C16H24N4O3. The summed E-state index contributed by atoms with van der Waals surface area (Å²) < 4.78 is 10.5. The van der Waals surface area contributed by atoms with E-state index < -0.39 is 0 Å². The van der Waals surface area contributed by atoms with Crippen molar-refractivity contribution in [3.63, 3.8) is 0 Å². The van der Waals surface area contributed by atoms with E-state index in [1.807, 2.05) is 17.9 Å². The van der Waals surface area contributed by atoms with Gasteiger partial charge in [0.05, 0.1) is 7.11 Å². The highest BCUT2D eigenvalue weighted by molar-refractivity contribution is 5.79. The second-order valence-electron chi connectivity index (χ2n) is 6.05. The summed E-state index contributed by atoms with van der Waals surface area (Å²) in [5.74, 6) is 1.66. The van der Waals surface area contributed by atoms with Crippen LogP contribution in [-0.4, -0.2) is 67.3 Å². The maximum Gasteiger partial charge on any atom is 0.228 e. The molecule has 0 spiro atoms. The average Bonchev–Trinajstić information content (AvgIpc) is 2.61. The minimum atomic E-state index is 0.130. The van der Waals surface area contributed by atoms with Crippen molar-refractivity contribution in [2.45, 2.75) is 19.8 Å². The van der Waals surface area contributed by atoms with Crippen molar-refractivity contribution in [2.24, 2.45) is 5.92 Å². The Morgan fingerprint density at radius 2 is 1.91 bits per heavy atom. The number of anilines is 1. The van der Waals surface area contributed by atoms with Crippen molar-refractivity contribution < 1.29 is 14.3 Å². The van der Waals surface area contributed by atoms with Gasteiger partial charge in [-0.05, 0) is 19.8 Å². The molecule has 2 saturated heterocycles. The predicted molar refractivity (Wildman–Crippen MR) is 85.7 cm³/mol. The molecule has 0 aromatic carbocycles. The lowest BCUT2D eigenvalue weighted by Gasteiger charge is -2.37. The monoisotopic (exact) mass is 320 g/mol. The van der Waals surface area contributed by atoms with Crippen molar-refractivity contribution in [1.29, 1.82) is 0 Å². The van der Waals surface area contributed by atoms with Crippen LogP contribution in [0, 0.1) is 12.8 Å². The van der Waals surface area contributed by atoms with Crippen molar-refractivity contribution in [2.75, 3.05) is 51.4 Å². The van der Waals surface area contributed by atoms with Gasteiger partial charge in [0, 0.05) is 57.1 Å². The van der Waals surface area contributed by atoms with Crippen LogP contribution in [0.25, 0.3) is 0 Å². The number of aryl methyl sites for hydroxylation is 1. The molecule has 1 aromatic heterocycles. The third-order valence-electron chi connectivity index (χ3n) is 4.47. The molecule has 2 fully saturated rings. The van der Waals surface area contributed by atoms with Gasteiger partial charge in [-0.25, -0.2) is 4.98 Å². The SMILES string of the molecule is COc1cc(C)nc(N2CCN(C(=O)C3CCOCC3)CC2)n1. The predicted octanol–water partition coefficient (Wildman–Crippen LogP) is 0.869. The first-order valence-corrected chi connectivity index (χ1v) is 8.18. The van der Waals surface area contributed by atoms with E-state index in [0.717, 1.165) is 44.7 Å². The number of aromatic nitrogens is 2. The Morgan fingerprint density at radius 1 is 1.22 bits per heavy atom. The fourth-order valence-electron chi connectivity index (χ4n) is 3.10. The van der Waals surface area contributed by atoms with Gasteiger partial charge in [0.1, 0.15) is 0 Å². The van der Waals surface area contributed by atoms with Crippen LogP contribution in [0.4, 0.5) is 5.95 Å². The van der Waals surface area contributed by atoms with Crippen LogP contribution in [0.15, 0.2) is 6.07 Å². The molecule has 7 heteroatoms. The van der Waals surface area contributed by atoms with Crippen LogP contribution >= 0.6 is 0 Å². The lowest BCUT2D eigenvalue weighted by atomic mass is 9.98. The minimum Gasteiger partial charge on any atom is -0.481 e. The summed E-state index contributed by atoms with van der Waals surface area (Å²) >= 11 is 0. The van der Waals surface area contributed by atoms with E-state index in [9.17, 15) is 4.79 Å². The number of rotatable bonds is 3. The number of piperazine rings is 1. The number of hydrogen-bond donors (Lipinski definition) is 0. The summed E-state index contributed by atoms with van der Waals surface area (Å²) in [6, 6.07) is 1.81. The van der Waals surface area contributed by atoms with Gasteiger partial charge in [0.15, 0.2) is 0 Å². The highest BCUT2D eigenvalue weighted by atomic mass is 16.5. The molecule has 7 nitrogen and oxygen atoms in total. The lowest BCUT2D eigenvalue weighted by Crippen LogP contribution is -2.51. The van der Waals surface area contributed by atoms with Gasteiger partial charge in [-0.1, -0.05) is 0 Å². The molecule has 2 aliphatic rings. The molecule has 0 saturated carbocycles. The molecule has 0 unspecified atom stereocenters. The highest BCUT2D eigenvalue weighted by Crippen LogP contribution is 2.20. The van der Waals surface area contributed by atoms with E-state index in [1.54, 1.807) is 7.11 Å². The van der Waals surface area contributed by atoms with E-state index in [4.69, 9.17) is 9.47 Å². The fourth-order valence-corrected chi connectivity index (χ4v) is 3.10. The van der Waals surface area contributed by atoms with Gasteiger partial charge in [-0.2, -0.15) is 4.98 Å². The second kappa shape index (κ2) is 7.12. The van der Waals surface area contributed by atoms with Gasteiger partial charge in [-0.15, -0.1) is 0 Å². The lowest BCUT2D eigenvalue weighted by molar-refractivity contribution is -0.138. The molecule has 1 amide bonds. The molecule has 1 aromatic rings. The first kappa shape index (κ1) is 16.0. The number of amides is 1.